The number of primary amides is 1. The molecule has 0 unspecified atom stereocenters. The number of para-hydroxylation sites is 1. The van der Waals surface area contributed by atoms with Gasteiger partial charge in [-0.15, -0.1) is 11.3 Å². The zero-order valence-electron chi connectivity index (χ0n) is 15.1. The minimum Gasteiger partial charge on any atom is -0.370 e. The molecule has 138 valence electrons. The van der Waals surface area contributed by atoms with Crippen molar-refractivity contribution in [3.63, 3.8) is 0 Å². The lowest BCUT2D eigenvalue weighted by atomic mass is 9.98. The Morgan fingerprint density at radius 2 is 2.04 bits per heavy atom. The second kappa shape index (κ2) is 8.47. The number of carbonyl (C=O) groups excluding carboxylic acids is 2. The van der Waals surface area contributed by atoms with Gasteiger partial charge in [0.25, 0.3) is 0 Å². The van der Waals surface area contributed by atoms with Crippen LogP contribution in [0.3, 0.4) is 0 Å². The molecule has 0 saturated heterocycles. The molecule has 2 amide bonds. The number of amides is 2. The molecule has 0 saturated carbocycles. The number of anilines is 1. The van der Waals surface area contributed by atoms with Gasteiger partial charge in [0.05, 0.1) is 6.54 Å². The first-order valence-electron chi connectivity index (χ1n) is 9.04. The van der Waals surface area contributed by atoms with Gasteiger partial charge < -0.3 is 10.6 Å². The van der Waals surface area contributed by atoms with E-state index in [0.29, 0.717) is 13.1 Å². The Balaban J connectivity index is 1.76. The van der Waals surface area contributed by atoms with E-state index in [1.807, 2.05) is 30.3 Å². The van der Waals surface area contributed by atoms with Crippen molar-refractivity contribution in [1.82, 2.24) is 4.90 Å². The average molecular weight is 372 g/mol. The molecule has 1 aliphatic rings. The van der Waals surface area contributed by atoms with E-state index in [-0.39, 0.29) is 18.4 Å². The van der Waals surface area contributed by atoms with Crippen molar-refractivity contribution in [2.45, 2.75) is 32.2 Å². The lowest BCUT2D eigenvalue weighted by molar-refractivity contribution is -0.120. The molecular formula is C20H25N3O2S. The number of fused-ring (bicyclic) bond motifs is 1. The molecule has 2 heterocycles. The van der Waals surface area contributed by atoms with Gasteiger partial charge in [-0.1, -0.05) is 25.1 Å². The summed E-state index contributed by atoms with van der Waals surface area (Å²) in [5, 5.41) is 2.14. The normalized spacial score (nSPS) is 16.9. The molecule has 0 spiro atoms. The molecule has 5 nitrogen and oxygen atoms in total. The van der Waals surface area contributed by atoms with E-state index >= 15 is 0 Å². The van der Waals surface area contributed by atoms with E-state index in [1.165, 1.54) is 10.4 Å². The van der Waals surface area contributed by atoms with Crippen LogP contribution < -0.4 is 10.6 Å². The number of hydrogen-bond donors (Lipinski definition) is 1. The maximum atomic E-state index is 13.1. The van der Waals surface area contributed by atoms with Crippen LogP contribution in [0, 0.1) is 0 Å². The molecular weight excluding hydrogens is 346 g/mol. The van der Waals surface area contributed by atoms with Crippen molar-refractivity contribution in [3.8, 4) is 0 Å². The fourth-order valence-electron chi connectivity index (χ4n) is 3.60. The van der Waals surface area contributed by atoms with Crippen molar-refractivity contribution >= 4 is 28.8 Å². The average Bonchev–Trinajstić information content (AvgIpc) is 3.11. The van der Waals surface area contributed by atoms with Gasteiger partial charge in [-0.2, -0.15) is 0 Å². The molecule has 0 fully saturated rings. The summed E-state index contributed by atoms with van der Waals surface area (Å²) in [5.41, 5.74) is 7.47. The first kappa shape index (κ1) is 18.6. The molecule has 2 N–H and O–H groups in total. The predicted octanol–water partition coefficient (Wildman–Crippen LogP) is 2.97. The highest BCUT2D eigenvalue weighted by atomic mass is 32.1. The molecule has 0 radical (unpaired) electrons. The summed E-state index contributed by atoms with van der Waals surface area (Å²) in [6.07, 6.45) is 2.12. The third-order valence-electron chi connectivity index (χ3n) is 4.88. The van der Waals surface area contributed by atoms with Crippen molar-refractivity contribution in [3.05, 3.63) is 52.2 Å². The van der Waals surface area contributed by atoms with Crippen LogP contribution in [0.15, 0.2) is 41.8 Å². The zero-order chi connectivity index (χ0) is 18.5. The van der Waals surface area contributed by atoms with Gasteiger partial charge in [0, 0.05) is 36.1 Å². The van der Waals surface area contributed by atoms with Gasteiger partial charge in [0.1, 0.15) is 0 Å². The van der Waals surface area contributed by atoms with Gasteiger partial charge in [-0.3, -0.25) is 14.5 Å². The van der Waals surface area contributed by atoms with Gasteiger partial charge in [0.2, 0.25) is 11.8 Å². The molecule has 2 aromatic rings. The monoisotopic (exact) mass is 371 g/mol. The Morgan fingerprint density at radius 3 is 2.73 bits per heavy atom. The summed E-state index contributed by atoms with van der Waals surface area (Å²) >= 11 is 1.81. The SMILES string of the molecule is CC[C@H]1c2ccsc2CCN1CC(=O)N(CCC(N)=O)c1ccccc1. The van der Waals surface area contributed by atoms with Gasteiger partial charge in [0.15, 0.2) is 0 Å². The van der Waals surface area contributed by atoms with Crippen LogP contribution in [0.25, 0.3) is 0 Å². The van der Waals surface area contributed by atoms with Crippen molar-refractivity contribution in [2.75, 3.05) is 24.5 Å². The Labute approximate surface area is 158 Å². The predicted molar refractivity (Wildman–Crippen MR) is 105 cm³/mol. The van der Waals surface area contributed by atoms with E-state index in [2.05, 4.69) is 23.3 Å². The standard InChI is InChI=1S/C20H25N3O2S/c1-2-17-16-10-13-26-18(16)8-11-22(17)14-20(25)23(12-9-19(21)24)15-6-4-3-5-7-15/h3-7,10,13,17H,2,8-9,11-12,14H2,1H3,(H2,21,24)/t17-/m0/s1. The van der Waals surface area contributed by atoms with Crippen LogP contribution in [0.5, 0.6) is 0 Å². The summed E-state index contributed by atoms with van der Waals surface area (Å²) in [4.78, 5) is 29.7. The van der Waals surface area contributed by atoms with E-state index < -0.39 is 5.91 Å². The molecule has 3 rings (SSSR count). The lowest BCUT2D eigenvalue weighted by Crippen LogP contribution is -2.45. The topological polar surface area (TPSA) is 66.6 Å². The quantitative estimate of drug-likeness (QED) is 0.814. The number of carbonyl (C=O) groups is 2. The third kappa shape index (κ3) is 4.14. The van der Waals surface area contributed by atoms with Gasteiger partial charge >= 0.3 is 0 Å². The molecule has 1 aromatic heterocycles. The number of nitrogens with two attached hydrogens (primary N) is 1. The number of benzene rings is 1. The smallest absolute Gasteiger partial charge is 0.241 e. The fourth-order valence-corrected chi connectivity index (χ4v) is 4.53. The number of hydrogen-bond acceptors (Lipinski definition) is 4. The van der Waals surface area contributed by atoms with Gasteiger partial charge in [-0.25, -0.2) is 0 Å². The van der Waals surface area contributed by atoms with E-state index in [1.54, 1.807) is 16.2 Å². The fraction of sp³-hybridized carbons (Fsp3) is 0.400. The summed E-state index contributed by atoms with van der Waals surface area (Å²) in [7, 11) is 0. The molecule has 0 aliphatic carbocycles. The second-order valence-corrected chi connectivity index (χ2v) is 7.54. The van der Waals surface area contributed by atoms with Crippen LogP contribution in [-0.2, 0) is 16.0 Å². The number of thiophene rings is 1. The van der Waals surface area contributed by atoms with Crippen LogP contribution in [0.2, 0.25) is 0 Å². The molecule has 0 bridgehead atoms. The van der Waals surface area contributed by atoms with Crippen molar-refractivity contribution < 1.29 is 9.59 Å². The summed E-state index contributed by atoms with van der Waals surface area (Å²) in [6, 6.07) is 12.0. The molecule has 26 heavy (non-hydrogen) atoms. The first-order chi connectivity index (χ1) is 12.6. The Morgan fingerprint density at radius 1 is 1.27 bits per heavy atom. The number of nitrogens with zero attached hydrogens (tertiary/aromatic N) is 2. The largest absolute Gasteiger partial charge is 0.370 e. The Kier molecular flexibility index (Phi) is 6.06. The summed E-state index contributed by atoms with van der Waals surface area (Å²) in [5.74, 6) is -0.388. The van der Waals surface area contributed by atoms with Crippen LogP contribution in [0.1, 0.15) is 36.2 Å². The van der Waals surface area contributed by atoms with Crippen molar-refractivity contribution in [2.24, 2.45) is 5.73 Å². The Bertz CT molecular complexity index is 759. The number of rotatable bonds is 7. The molecule has 1 aliphatic heterocycles. The van der Waals surface area contributed by atoms with E-state index in [0.717, 1.165) is 25.1 Å². The van der Waals surface area contributed by atoms with Crippen LogP contribution in [-0.4, -0.2) is 36.3 Å². The highest BCUT2D eigenvalue weighted by molar-refractivity contribution is 7.10. The van der Waals surface area contributed by atoms with Crippen LogP contribution >= 0.6 is 11.3 Å². The molecule has 1 atom stereocenters. The van der Waals surface area contributed by atoms with Crippen LogP contribution in [0.4, 0.5) is 5.69 Å². The summed E-state index contributed by atoms with van der Waals surface area (Å²) < 4.78 is 0. The highest BCUT2D eigenvalue weighted by Crippen LogP contribution is 2.35. The lowest BCUT2D eigenvalue weighted by Gasteiger charge is -2.36. The summed E-state index contributed by atoms with van der Waals surface area (Å²) in [6.45, 7) is 3.71. The van der Waals surface area contributed by atoms with Crippen molar-refractivity contribution in [1.29, 1.82) is 0 Å². The third-order valence-corrected chi connectivity index (χ3v) is 5.88. The van der Waals surface area contributed by atoms with E-state index in [4.69, 9.17) is 5.73 Å². The maximum Gasteiger partial charge on any atom is 0.241 e. The second-order valence-electron chi connectivity index (χ2n) is 6.54. The maximum absolute atomic E-state index is 13.1. The Hall–Kier alpha value is -2.18. The zero-order valence-corrected chi connectivity index (χ0v) is 15.9. The van der Waals surface area contributed by atoms with E-state index in [9.17, 15) is 9.59 Å². The minimum absolute atomic E-state index is 0.00887. The first-order valence-corrected chi connectivity index (χ1v) is 9.92. The highest BCUT2D eigenvalue weighted by Gasteiger charge is 2.29. The molecule has 6 heteroatoms. The minimum atomic E-state index is -0.397. The molecule has 1 aromatic carbocycles. The van der Waals surface area contributed by atoms with Gasteiger partial charge in [-0.05, 0) is 42.0 Å².